The lowest BCUT2D eigenvalue weighted by Crippen LogP contribution is -2.19. The molecule has 0 N–H and O–H groups in total. The SMILES string of the molecule is Br.C=CC(=O)OCCN(C)C.O=C1C2=CC=C1C=C2. The first-order chi connectivity index (χ1) is 8.54. The van der Waals surface area contributed by atoms with Crippen molar-refractivity contribution in [1.82, 2.24) is 4.90 Å². The highest BCUT2D eigenvalue weighted by atomic mass is 79.9. The first-order valence-electron chi connectivity index (χ1n) is 5.63. The Hall–Kier alpha value is -1.46. The Labute approximate surface area is 123 Å². The van der Waals surface area contributed by atoms with E-state index in [0.717, 1.165) is 23.8 Å². The van der Waals surface area contributed by atoms with E-state index in [9.17, 15) is 9.59 Å². The van der Waals surface area contributed by atoms with Crippen LogP contribution in [0.15, 0.2) is 48.1 Å². The minimum atomic E-state index is -0.359. The van der Waals surface area contributed by atoms with Crippen LogP contribution in [0.3, 0.4) is 0 Å². The van der Waals surface area contributed by atoms with Crippen molar-refractivity contribution in [2.75, 3.05) is 27.2 Å². The molecule has 0 heterocycles. The molecule has 0 spiro atoms. The lowest BCUT2D eigenvalue weighted by Gasteiger charge is -2.07. The van der Waals surface area contributed by atoms with Crippen LogP contribution in [0.1, 0.15) is 0 Å². The molecular weight excluding hydrogens is 310 g/mol. The van der Waals surface area contributed by atoms with Gasteiger partial charge in [0.2, 0.25) is 0 Å². The molecule has 0 radical (unpaired) electrons. The predicted molar refractivity (Wildman–Crippen MR) is 80.3 cm³/mol. The van der Waals surface area contributed by atoms with Gasteiger partial charge in [0.15, 0.2) is 5.78 Å². The van der Waals surface area contributed by atoms with E-state index in [-0.39, 0.29) is 28.7 Å². The molecule has 2 aliphatic carbocycles. The molecule has 0 unspecified atom stereocenters. The molecule has 2 rings (SSSR count). The number of hydrogen-bond donors (Lipinski definition) is 0. The molecule has 104 valence electrons. The number of carbonyl (C=O) groups is 2. The zero-order valence-electron chi connectivity index (χ0n) is 11.1. The maximum Gasteiger partial charge on any atom is 0.330 e. The second kappa shape index (κ2) is 8.61. The van der Waals surface area contributed by atoms with Crippen LogP contribution in [0.25, 0.3) is 0 Å². The summed E-state index contributed by atoms with van der Waals surface area (Å²) < 4.78 is 4.70. The summed E-state index contributed by atoms with van der Waals surface area (Å²) in [5, 5.41) is 0. The molecule has 5 heteroatoms. The first kappa shape index (κ1) is 17.5. The van der Waals surface area contributed by atoms with Crippen LogP contribution in [0.2, 0.25) is 0 Å². The van der Waals surface area contributed by atoms with E-state index < -0.39 is 0 Å². The van der Waals surface area contributed by atoms with Crippen molar-refractivity contribution >= 4 is 28.7 Å². The van der Waals surface area contributed by atoms with E-state index in [4.69, 9.17) is 4.74 Å². The quantitative estimate of drug-likeness (QED) is 0.584. The number of hydrogen-bond acceptors (Lipinski definition) is 4. The largest absolute Gasteiger partial charge is 0.461 e. The van der Waals surface area contributed by atoms with E-state index >= 15 is 0 Å². The number of carbonyl (C=O) groups excluding carboxylic acids is 2. The number of esters is 1. The average molecular weight is 328 g/mol. The summed E-state index contributed by atoms with van der Waals surface area (Å²) in [7, 11) is 3.84. The number of Topliss-reactive ketones (excluding diaryl/α,β-unsaturated/α-hetero) is 1. The van der Waals surface area contributed by atoms with Gasteiger partial charge in [-0.3, -0.25) is 4.79 Å². The molecule has 0 saturated carbocycles. The van der Waals surface area contributed by atoms with Crippen LogP contribution < -0.4 is 0 Å². The second-order valence-corrected chi connectivity index (χ2v) is 4.08. The van der Waals surface area contributed by atoms with Gasteiger partial charge in [0, 0.05) is 23.8 Å². The van der Waals surface area contributed by atoms with Gasteiger partial charge in [-0.1, -0.05) is 30.9 Å². The molecule has 2 bridgehead atoms. The number of halogens is 1. The maximum atomic E-state index is 10.8. The van der Waals surface area contributed by atoms with Crippen molar-refractivity contribution in [3.05, 3.63) is 48.1 Å². The summed E-state index contributed by atoms with van der Waals surface area (Å²) in [5.74, 6) is -0.174. The van der Waals surface area contributed by atoms with E-state index in [1.807, 2.05) is 43.3 Å². The van der Waals surface area contributed by atoms with E-state index in [1.165, 1.54) is 0 Å². The summed E-state index contributed by atoms with van der Waals surface area (Å²) in [6, 6.07) is 0. The smallest absolute Gasteiger partial charge is 0.330 e. The fraction of sp³-hybridized carbons (Fsp3) is 0.286. The van der Waals surface area contributed by atoms with Crippen molar-refractivity contribution < 1.29 is 14.3 Å². The highest BCUT2D eigenvalue weighted by molar-refractivity contribution is 8.93. The Morgan fingerprint density at radius 3 is 2.11 bits per heavy atom. The van der Waals surface area contributed by atoms with Gasteiger partial charge in [-0.25, -0.2) is 4.79 Å². The van der Waals surface area contributed by atoms with Gasteiger partial charge < -0.3 is 9.64 Å². The Morgan fingerprint density at radius 2 is 1.84 bits per heavy atom. The van der Waals surface area contributed by atoms with Crippen LogP contribution in [-0.2, 0) is 14.3 Å². The minimum absolute atomic E-state index is 0. The summed E-state index contributed by atoms with van der Waals surface area (Å²) in [6.07, 6.45) is 8.54. The molecule has 4 nitrogen and oxygen atoms in total. The molecular formula is C14H18BrNO3. The highest BCUT2D eigenvalue weighted by Crippen LogP contribution is 2.23. The normalized spacial score (nSPS) is 14.2. The predicted octanol–water partition coefficient (Wildman–Crippen LogP) is 1.85. The monoisotopic (exact) mass is 327 g/mol. The number of allylic oxidation sites excluding steroid dienone is 6. The Morgan fingerprint density at radius 1 is 1.32 bits per heavy atom. The summed E-state index contributed by atoms with van der Waals surface area (Å²) in [6.45, 7) is 4.45. The fourth-order valence-electron chi connectivity index (χ4n) is 1.33. The highest BCUT2D eigenvalue weighted by Gasteiger charge is 2.19. The van der Waals surface area contributed by atoms with Crippen LogP contribution in [-0.4, -0.2) is 43.9 Å². The molecule has 0 saturated heterocycles. The molecule has 0 amide bonds. The van der Waals surface area contributed by atoms with Crippen LogP contribution >= 0.6 is 17.0 Å². The molecule has 0 aromatic heterocycles. The van der Waals surface area contributed by atoms with Gasteiger partial charge in [0.25, 0.3) is 0 Å². The van der Waals surface area contributed by atoms with Gasteiger partial charge >= 0.3 is 5.97 Å². The number of ether oxygens (including phenoxy) is 1. The van der Waals surface area contributed by atoms with Gasteiger partial charge in [-0.2, -0.15) is 0 Å². The lowest BCUT2D eigenvalue weighted by atomic mass is 10.2. The summed E-state index contributed by atoms with van der Waals surface area (Å²) in [5.41, 5.74) is 1.67. The van der Waals surface area contributed by atoms with Gasteiger partial charge in [0.1, 0.15) is 6.61 Å². The number of nitrogens with zero attached hydrogens (tertiary/aromatic N) is 1. The zero-order valence-corrected chi connectivity index (χ0v) is 12.8. The summed E-state index contributed by atoms with van der Waals surface area (Å²) in [4.78, 5) is 23.1. The van der Waals surface area contributed by atoms with E-state index in [2.05, 4.69) is 6.58 Å². The Kier molecular flexibility index (Phi) is 7.95. The second-order valence-electron chi connectivity index (χ2n) is 4.08. The molecule has 2 aliphatic rings. The van der Waals surface area contributed by atoms with Crippen molar-refractivity contribution in [3.63, 3.8) is 0 Å². The Balaban J connectivity index is 0.000000327. The van der Waals surface area contributed by atoms with Crippen molar-refractivity contribution in [2.24, 2.45) is 0 Å². The molecule has 0 aromatic rings. The standard InChI is InChI=1S/C7H13NO2.C7H4O.BrH/c1-4-7(9)10-6-5-8(2)3;8-7-5-1-2-6(7)4-3-5;/h4H,1,5-6H2,2-3H3;1-4H;1H. The van der Waals surface area contributed by atoms with Crippen molar-refractivity contribution in [3.8, 4) is 0 Å². The molecule has 0 aliphatic heterocycles. The average Bonchev–Trinajstić information content (AvgIpc) is 2.88. The van der Waals surface area contributed by atoms with Crippen LogP contribution in [0, 0.1) is 0 Å². The third-order valence-electron chi connectivity index (χ3n) is 2.36. The van der Waals surface area contributed by atoms with Crippen LogP contribution in [0.4, 0.5) is 0 Å². The molecule has 0 atom stereocenters. The number of rotatable bonds is 4. The van der Waals surface area contributed by atoms with E-state index in [0.29, 0.717) is 6.61 Å². The Bertz CT molecular complexity index is 424. The molecule has 0 aromatic carbocycles. The third kappa shape index (κ3) is 5.81. The number of fused-ring (bicyclic) bond motifs is 2. The van der Waals surface area contributed by atoms with Crippen LogP contribution in [0.5, 0.6) is 0 Å². The minimum Gasteiger partial charge on any atom is -0.461 e. The van der Waals surface area contributed by atoms with Crippen molar-refractivity contribution in [2.45, 2.75) is 0 Å². The first-order valence-corrected chi connectivity index (χ1v) is 5.63. The van der Waals surface area contributed by atoms with Gasteiger partial charge in [0.05, 0.1) is 0 Å². The van der Waals surface area contributed by atoms with Crippen molar-refractivity contribution in [1.29, 1.82) is 0 Å². The molecule has 0 fully saturated rings. The topological polar surface area (TPSA) is 46.6 Å². The number of ketones is 1. The summed E-state index contributed by atoms with van der Waals surface area (Å²) >= 11 is 0. The van der Waals surface area contributed by atoms with Gasteiger partial charge in [-0.05, 0) is 14.1 Å². The number of likely N-dealkylation sites (N-methyl/N-ethyl adjacent to an activating group) is 1. The van der Waals surface area contributed by atoms with Gasteiger partial charge in [-0.15, -0.1) is 17.0 Å². The maximum absolute atomic E-state index is 10.8. The zero-order chi connectivity index (χ0) is 13.5. The lowest BCUT2D eigenvalue weighted by molar-refractivity contribution is -0.138. The van der Waals surface area contributed by atoms with E-state index in [1.54, 1.807) is 0 Å². The third-order valence-corrected chi connectivity index (χ3v) is 2.36. The molecule has 19 heavy (non-hydrogen) atoms. The fourth-order valence-corrected chi connectivity index (χ4v) is 1.33.